The van der Waals surface area contributed by atoms with Crippen molar-refractivity contribution in [2.75, 3.05) is 25.4 Å². The van der Waals surface area contributed by atoms with Crippen molar-refractivity contribution in [3.8, 4) is 0 Å². The number of nitrogens with zero attached hydrogens (tertiary/aromatic N) is 2. The number of amides is 1. The molecule has 0 bridgehead atoms. The van der Waals surface area contributed by atoms with Crippen molar-refractivity contribution in [3.05, 3.63) is 12.7 Å². The molecule has 0 radical (unpaired) electrons. The first-order valence-electron chi connectivity index (χ1n) is 3.68. The van der Waals surface area contributed by atoms with E-state index < -0.39 is 0 Å². The van der Waals surface area contributed by atoms with Crippen molar-refractivity contribution in [2.45, 2.75) is 0 Å². The molecule has 0 aromatic heterocycles. The fourth-order valence-corrected chi connectivity index (χ4v) is 1.03. The summed E-state index contributed by atoms with van der Waals surface area (Å²) in [4.78, 5) is 16.4. The van der Waals surface area contributed by atoms with Gasteiger partial charge in [0.2, 0.25) is 0 Å². The normalized spacial score (nSPS) is 9.00. The van der Waals surface area contributed by atoms with Crippen LogP contribution in [0.4, 0.5) is 0 Å². The summed E-state index contributed by atoms with van der Waals surface area (Å²) in [6, 6.07) is 0. The third-order valence-corrected chi connectivity index (χ3v) is 1.52. The second-order valence-corrected chi connectivity index (χ2v) is 2.68. The van der Waals surface area contributed by atoms with E-state index in [1.165, 1.54) is 0 Å². The Balaban J connectivity index is 3.97. The van der Waals surface area contributed by atoms with Crippen molar-refractivity contribution in [1.29, 1.82) is 0 Å². The van der Waals surface area contributed by atoms with Gasteiger partial charge in [-0.15, -0.1) is 0 Å². The summed E-state index contributed by atoms with van der Waals surface area (Å²) in [7, 11) is 3.26. The van der Waals surface area contributed by atoms with Gasteiger partial charge < -0.3 is 0 Å². The molecule has 5 heteroatoms. The third kappa shape index (κ3) is 4.33. The number of thiol groups is 1. The molecule has 0 aliphatic rings. The molecule has 0 rings (SSSR count). The van der Waals surface area contributed by atoms with Gasteiger partial charge >= 0.3 is 78.8 Å². The van der Waals surface area contributed by atoms with Gasteiger partial charge in [0.1, 0.15) is 0 Å². The van der Waals surface area contributed by atoms with Gasteiger partial charge in [-0.3, -0.25) is 0 Å². The standard InChI is InChI=1S/C7H13BN2OS/c1-2-3-10(4-5-12)7(11)6-9-8/h2,8,12H,1,3-6H2. The molecule has 0 aromatic rings. The second-order valence-electron chi connectivity index (χ2n) is 2.23. The summed E-state index contributed by atoms with van der Waals surface area (Å²) in [6.07, 6.45) is 1.68. The summed E-state index contributed by atoms with van der Waals surface area (Å²) in [6.45, 7) is 4.88. The summed E-state index contributed by atoms with van der Waals surface area (Å²) in [5, 5.41) is 0. The van der Waals surface area contributed by atoms with Crippen molar-refractivity contribution in [1.82, 2.24) is 4.90 Å². The zero-order valence-electron chi connectivity index (χ0n) is 7.07. The van der Waals surface area contributed by atoms with Crippen LogP contribution < -0.4 is 0 Å². The summed E-state index contributed by atoms with van der Waals surface area (Å²) >= 11 is 4.04. The van der Waals surface area contributed by atoms with Crippen LogP contribution in [0.2, 0.25) is 0 Å². The monoisotopic (exact) mass is 184 g/mol. The summed E-state index contributed by atoms with van der Waals surface area (Å²) in [5.41, 5.74) is 0. The Kier molecular flexibility index (Phi) is 6.75. The van der Waals surface area contributed by atoms with Crippen LogP contribution >= 0.6 is 12.6 Å². The predicted octanol–water partition coefficient (Wildman–Crippen LogP) is 0.0152. The van der Waals surface area contributed by atoms with Gasteiger partial charge in [-0.05, 0) is 0 Å². The summed E-state index contributed by atoms with van der Waals surface area (Å²) < 4.78 is 0. The molecule has 12 heavy (non-hydrogen) atoms. The Hall–Kier alpha value is -0.575. The molecule has 0 fully saturated rings. The SMILES string of the molecule is B=NCC(=O)N(CC=C)CCS. The molecule has 0 aliphatic carbocycles. The van der Waals surface area contributed by atoms with Gasteiger partial charge in [0, 0.05) is 0 Å². The molecule has 1 amide bonds. The molecular weight excluding hydrogens is 171 g/mol. The number of rotatable bonds is 6. The minimum atomic E-state index is -0.0287. The van der Waals surface area contributed by atoms with Crippen molar-refractivity contribution in [3.63, 3.8) is 0 Å². The topological polar surface area (TPSA) is 32.7 Å². The van der Waals surface area contributed by atoms with E-state index in [0.717, 1.165) is 0 Å². The average Bonchev–Trinajstić information content (AvgIpc) is 2.04. The fraction of sp³-hybridized carbons (Fsp3) is 0.571. The molecule has 66 valence electrons. The van der Waals surface area contributed by atoms with Crippen LogP contribution in [0.3, 0.4) is 0 Å². The van der Waals surface area contributed by atoms with E-state index in [1.54, 1.807) is 11.0 Å². The maximum atomic E-state index is 11.2. The Bertz CT molecular complexity index is 175. The molecule has 0 saturated carbocycles. The zero-order chi connectivity index (χ0) is 9.40. The number of hydrogen-bond donors (Lipinski definition) is 1. The Morgan fingerprint density at radius 1 is 1.75 bits per heavy atom. The van der Waals surface area contributed by atoms with E-state index in [4.69, 9.17) is 0 Å². The molecule has 0 saturated heterocycles. The summed E-state index contributed by atoms with van der Waals surface area (Å²) in [5.74, 6) is 0.621. The van der Waals surface area contributed by atoms with Crippen LogP contribution in [0.1, 0.15) is 0 Å². The van der Waals surface area contributed by atoms with E-state index in [1.807, 2.05) is 0 Å². The van der Waals surface area contributed by atoms with Gasteiger partial charge in [-0.1, -0.05) is 0 Å². The molecule has 0 spiro atoms. The first kappa shape index (κ1) is 11.4. The van der Waals surface area contributed by atoms with Crippen LogP contribution in [-0.4, -0.2) is 43.8 Å². The molecule has 0 heterocycles. The molecule has 0 aromatic carbocycles. The van der Waals surface area contributed by atoms with E-state index in [2.05, 4.69) is 31.7 Å². The third-order valence-electron chi connectivity index (χ3n) is 1.32. The molecular formula is C7H13BN2OS. The van der Waals surface area contributed by atoms with Gasteiger partial charge in [0.15, 0.2) is 0 Å². The first-order chi connectivity index (χ1) is 5.76. The zero-order valence-corrected chi connectivity index (χ0v) is 7.96. The molecule has 3 nitrogen and oxygen atoms in total. The molecule has 0 aliphatic heterocycles. The van der Waals surface area contributed by atoms with Crippen LogP contribution in [0.5, 0.6) is 0 Å². The van der Waals surface area contributed by atoms with E-state index in [-0.39, 0.29) is 12.5 Å². The van der Waals surface area contributed by atoms with Gasteiger partial charge in [0.25, 0.3) is 0 Å². The first-order valence-corrected chi connectivity index (χ1v) is 4.31. The van der Waals surface area contributed by atoms with Crippen molar-refractivity contribution >= 4 is 26.2 Å². The second kappa shape index (κ2) is 7.09. The van der Waals surface area contributed by atoms with Gasteiger partial charge in [-0.25, -0.2) is 0 Å². The minimum absolute atomic E-state index is 0.0287. The Morgan fingerprint density at radius 2 is 2.42 bits per heavy atom. The number of carbonyl (C=O) groups excluding carboxylic acids is 1. The van der Waals surface area contributed by atoms with Gasteiger partial charge in [-0.2, -0.15) is 0 Å². The van der Waals surface area contributed by atoms with E-state index in [0.29, 0.717) is 18.8 Å². The van der Waals surface area contributed by atoms with Crippen molar-refractivity contribution in [2.24, 2.45) is 4.90 Å². The Morgan fingerprint density at radius 3 is 2.83 bits per heavy atom. The number of carbonyl (C=O) groups is 1. The Labute approximate surface area is 79.4 Å². The fourth-order valence-electron chi connectivity index (χ4n) is 0.790. The molecule has 0 unspecified atom stereocenters. The predicted molar refractivity (Wildman–Crippen MR) is 55.1 cm³/mol. The van der Waals surface area contributed by atoms with Crippen LogP contribution in [0, 0.1) is 0 Å². The van der Waals surface area contributed by atoms with Crippen LogP contribution in [-0.2, 0) is 4.79 Å². The maximum absolute atomic E-state index is 11.2. The van der Waals surface area contributed by atoms with Crippen molar-refractivity contribution < 1.29 is 4.79 Å². The van der Waals surface area contributed by atoms with Crippen LogP contribution in [0.15, 0.2) is 17.6 Å². The van der Waals surface area contributed by atoms with E-state index in [9.17, 15) is 4.79 Å². The quantitative estimate of drug-likeness (QED) is 0.352. The molecule has 0 N–H and O–H groups in total. The molecule has 0 atom stereocenters. The van der Waals surface area contributed by atoms with Gasteiger partial charge in [0.05, 0.1) is 0 Å². The average molecular weight is 184 g/mol. The van der Waals surface area contributed by atoms with E-state index >= 15 is 0 Å². The van der Waals surface area contributed by atoms with Crippen LogP contribution in [0.25, 0.3) is 0 Å². The number of hydrogen-bond acceptors (Lipinski definition) is 3.